The number of hydrogen-bond donors (Lipinski definition) is 4. The van der Waals surface area contributed by atoms with E-state index >= 15 is 0 Å². The molecule has 17 heavy (non-hydrogen) atoms. The summed E-state index contributed by atoms with van der Waals surface area (Å²) in [6.45, 7) is 9.59. The monoisotopic (exact) mass is 258 g/mol. The first-order valence-corrected chi connectivity index (χ1v) is 8.14. The van der Waals surface area contributed by atoms with Crippen LogP contribution in [0.4, 0.5) is 0 Å². The van der Waals surface area contributed by atoms with Gasteiger partial charge in [-0.15, -0.1) is 0 Å². The van der Waals surface area contributed by atoms with Crippen molar-refractivity contribution in [2.75, 3.05) is 19.6 Å². The zero-order valence-corrected chi connectivity index (χ0v) is 13.9. The van der Waals surface area contributed by atoms with Gasteiger partial charge in [-0.05, 0) is 32.5 Å². The van der Waals surface area contributed by atoms with Crippen LogP contribution in [0.25, 0.3) is 0 Å². The summed E-state index contributed by atoms with van der Waals surface area (Å²) in [5, 5.41) is 11.1. The third-order valence-electron chi connectivity index (χ3n) is 3.94. The average Bonchev–Trinajstić information content (AvgIpc) is 2.33. The second-order valence-electron chi connectivity index (χ2n) is 4.86. The highest BCUT2D eigenvalue weighted by Gasteiger charge is 2.50. The van der Waals surface area contributed by atoms with E-state index in [0.717, 1.165) is 30.0 Å². The highest BCUT2D eigenvalue weighted by molar-refractivity contribution is 6.05. The second kappa shape index (κ2) is 6.85. The second-order valence-corrected chi connectivity index (χ2v) is 5.36. The lowest BCUT2D eigenvalue weighted by Crippen LogP contribution is -2.81. The molecule has 1 rings (SSSR count). The van der Waals surface area contributed by atoms with E-state index in [-0.39, 0.29) is 11.3 Å². The molecular weight excluding hydrogens is 228 g/mol. The number of rotatable bonds is 7. The predicted molar refractivity (Wildman–Crippen MR) is 78.0 cm³/mol. The van der Waals surface area contributed by atoms with Crippen molar-refractivity contribution in [2.24, 2.45) is 0 Å². The molecule has 1 fully saturated rings. The lowest BCUT2D eigenvalue weighted by Gasteiger charge is -2.55. The van der Waals surface area contributed by atoms with E-state index in [1.165, 1.54) is 25.7 Å². The molecule has 0 saturated heterocycles. The fraction of sp³-hybridized carbons (Fsp3) is 1.00. The van der Waals surface area contributed by atoms with Crippen molar-refractivity contribution in [3.05, 3.63) is 0 Å². The van der Waals surface area contributed by atoms with Gasteiger partial charge in [0.25, 0.3) is 0 Å². The lowest BCUT2D eigenvalue weighted by molar-refractivity contribution is 0.0372. The van der Waals surface area contributed by atoms with E-state index in [1.54, 1.807) is 0 Å². The predicted octanol–water partition coefficient (Wildman–Crippen LogP) is -0.348. The fourth-order valence-electron chi connectivity index (χ4n) is 3.32. The molecule has 0 heterocycles. The maximum atomic E-state index is 3.71. The minimum absolute atomic E-state index is 0.00646. The van der Waals surface area contributed by atoms with Gasteiger partial charge in [0.15, 0.2) is 0 Å². The standard InChI is InChI=1S/C12H30N4Si/c1-4-13-11(14-5-2)9-7-8-10-12(11,16-17)15-6-3/h13-16H,4-10H2,1-3,17H3. The molecule has 1 aliphatic rings. The summed E-state index contributed by atoms with van der Waals surface area (Å²) >= 11 is 0. The zero-order valence-electron chi connectivity index (χ0n) is 11.9. The van der Waals surface area contributed by atoms with E-state index in [0.29, 0.717) is 0 Å². The summed E-state index contributed by atoms with van der Waals surface area (Å²) in [6, 6.07) is 0. The normalized spacial score (nSPS) is 28.4. The summed E-state index contributed by atoms with van der Waals surface area (Å²) < 4.78 is 0. The average molecular weight is 258 g/mol. The molecule has 0 spiro atoms. The van der Waals surface area contributed by atoms with Crippen LogP contribution < -0.4 is 20.9 Å². The molecule has 1 saturated carbocycles. The van der Waals surface area contributed by atoms with Crippen LogP contribution in [0.5, 0.6) is 0 Å². The van der Waals surface area contributed by atoms with Crippen molar-refractivity contribution in [3.63, 3.8) is 0 Å². The number of nitrogens with one attached hydrogen (secondary N) is 4. The third kappa shape index (κ3) is 2.90. The molecule has 0 aromatic carbocycles. The van der Waals surface area contributed by atoms with E-state index in [4.69, 9.17) is 0 Å². The van der Waals surface area contributed by atoms with Gasteiger partial charge >= 0.3 is 0 Å². The van der Waals surface area contributed by atoms with E-state index in [9.17, 15) is 0 Å². The smallest absolute Gasteiger partial charge is 0.100 e. The van der Waals surface area contributed by atoms with Crippen LogP contribution in [0, 0.1) is 0 Å². The number of hydrogen-bond acceptors (Lipinski definition) is 4. The van der Waals surface area contributed by atoms with Crippen LogP contribution in [0.1, 0.15) is 46.5 Å². The first kappa shape index (κ1) is 15.1. The minimum atomic E-state index is 0.00646. The molecule has 1 unspecified atom stereocenters. The van der Waals surface area contributed by atoms with Gasteiger partial charge < -0.3 is 4.98 Å². The summed E-state index contributed by atoms with van der Waals surface area (Å²) in [5.74, 6) is 0. The molecule has 0 radical (unpaired) electrons. The van der Waals surface area contributed by atoms with Crippen LogP contribution in [-0.2, 0) is 0 Å². The molecule has 4 N–H and O–H groups in total. The molecule has 4 nitrogen and oxygen atoms in total. The summed E-state index contributed by atoms with van der Waals surface area (Å²) in [7, 11) is 1.01. The van der Waals surface area contributed by atoms with Crippen molar-refractivity contribution in [1.82, 2.24) is 20.9 Å². The Balaban J connectivity index is 2.99. The molecule has 102 valence electrons. The van der Waals surface area contributed by atoms with Crippen molar-refractivity contribution >= 4 is 10.4 Å². The summed E-state index contributed by atoms with van der Waals surface area (Å²) in [5.41, 5.74) is 0.0325. The fourth-order valence-corrected chi connectivity index (χ4v) is 4.17. The third-order valence-corrected chi connectivity index (χ3v) is 4.80. The first-order chi connectivity index (χ1) is 8.20. The maximum Gasteiger partial charge on any atom is 0.100 e. The van der Waals surface area contributed by atoms with Crippen LogP contribution in [0.15, 0.2) is 0 Å². The molecule has 5 heteroatoms. The van der Waals surface area contributed by atoms with Crippen molar-refractivity contribution in [2.45, 2.75) is 57.8 Å². The van der Waals surface area contributed by atoms with Crippen molar-refractivity contribution in [3.8, 4) is 0 Å². The Labute approximate surface area is 109 Å². The number of likely N-dealkylation sites (N-methyl/N-ethyl adjacent to an activating group) is 3. The van der Waals surface area contributed by atoms with Gasteiger partial charge in [0.1, 0.15) is 5.66 Å². The topological polar surface area (TPSA) is 48.1 Å². The van der Waals surface area contributed by atoms with Gasteiger partial charge in [-0.3, -0.25) is 16.0 Å². The van der Waals surface area contributed by atoms with E-state index in [2.05, 4.69) is 41.7 Å². The Bertz CT molecular complexity index is 209. The lowest BCUT2D eigenvalue weighted by atomic mass is 9.78. The van der Waals surface area contributed by atoms with Gasteiger partial charge in [-0.25, -0.2) is 0 Å². The van der Waals surface area contributed by atoms with Crippen LogP contribution in [0.3, 0.4) is 0 Å². The first-order valence-electron chi connectivity index (χ1n) is 7.14. The Morgan fingerprint density at radius 1 is 0.824 bits per heavy atom. The molecule has 0 aromatic heterocycles. The van der Waals surface area contributed by atoms with Crippen molar-refractivity contribution < 1.29 is 0 Å². The molecule has 0 aromatic rings. The van der Waals surface area contributed by atoms with Crippen LogP contribution in [0.2, 0.25) is 0 Å². The molecule has 1 aliphatic carbocycles. The molecule has 0 amide bonds. The van der Waals surface area contributed by atoms with E-state index in [1.807, 2.05) is 0 Å². The Hall–Kier alpha value is 0.0569. The largest absolute Gasteiger partial charge is 0.326 e. The Kier molecular flexibility index (Phi) is 6.09. The minimum Gasteiger partial charge on any atom is -0.326 e. The quantitative estimate of drug-likeness (QED) is 0.372. The van der Waals surface area contributed by atoms with Gasteiger partial charge in [-0.1, -0.05) is 33.6 Å². The van der Waals surface area contributed by atoms with Gasteiger partial charge in [-0.2, -0.15) is 0 Å². The Morgan fingerprint density at radius 3 is 1.65 bits per heavy atom. The maximum absolute atomic E-state index is 3.71. The van der Waals surface area contributed by atoms with Gasteiger partial charge in [0, 0.05) is 0 Å². The van der Waals surface area contributed by atoms with Gasteiger partial charge in [0.2, 0.25) is 0 Å². The van der Waals surface area contributed by atoms with Crippen LogP contribution >= 0.6 is 0 Å². The van der Waals surface area contributed by atoms with Crippen molar-refractivity contribution in [1.29, 1.82) is 0 Å². The SMILES string of the molecule is CCNC1(N[SiH3])CCCCC1(NCC)NCC. The van der Waals surface area contributed by atoms with Crippen LogP contribution in [-0.4, -0.2) is 41.4 Å². The molecule has 1 atom stereocenters. The summed E-state index contributed by atoms with van der Waals surface area (Å²) in [4.78, 5) is 3.68. The Morgan fingerprint density at radius 2 is 1.24 bits per heavy atom. The zero-order chi connectivity index (χ0) is 12.8. The summed E-state index contributed by atoms with van der Waals surface area (Å²) in [6.07, 6.45) is 5.00. The van der Waals surface area contributed by atoms with E-state index < -0.39 is 0 Å². The molecule has 0 aliphatic heterocycles. The van der Waals surface area contributed by atoms with Gasteiger partial charge in [0.05, 0.1) is 16.1 Å². The molecule has 0 bridgehead atoms. The highest BCUT2D eigenvalue weighted by Crippen LogP contribution is 2.33. The molecular formula is C12H30N4Si. The highest BCUT2D eigenvalue weighted by atomic mass is 28.2.